The molecule has 2 aliphatic heterocycles. The van der Waals surface area contributed by atoms with Gasteiger partial charge >= 0.3 is 0 Å². The minimum absolute atomic E-state index is 0.116. The van der Waals surface area contributed by atoms with Gasteiger partial charge in [-0.05, 0) is 57.9 Å². The van der Waals surface area contributed by atoms with Crippen LogP contribution in [-0.2, 0) is 4.74 Å². The molecule has 1 atom stereocenters. The number of hydrogen-bond acceptors (Lipinski definition) is 4. The van der Waals surface area contributed by atoms with Gasteiger partial charge in [-0.2, -0.15) is 0 Å². The summed E-state index contributed by atoms with van der Waals surface area (Å²) in [6.45, 7) is 5.00. The lowest BCUT2D eigenvalue weighted by molar-refractivity contribution is 0.0273. The van der Waals surface area contributed by atoms with Crippen molar-refractivity contribution in [2.24, 2.45) is 0 Å². The van der Waals surface area contributed by atoms with Crippen molar-refractivity contribution in [1.29, 1.82) is 0 Å². The molecule has 0 saturated carbocycles. The Morgan fingerprint density at radius 2 is 2.04 bits per heavy atom. The lowest BCUT2D eigenvalue weighted by Gasteiger charge is -2.45. The summed E-state index contributed by atoms with van der Waals surface area (Å²) in [5, 5.41) is 0. The molecule has 25 heavy (non-hydrogen) atoms. The fraction of sp³-hybridized carbons (Fsp3) is 0.650. The molecule has 1 aromatic carbocycles. The molecule has 2 heterocycles. The van der Waals surface area contributed by atoms with E-state index in [0.29, 0.717) is 12.6 Å². The van der Waals surface area contributed by atoms with Crippen LogP contribution in [0.25, 0.3) is 0 Å². The summed E-state index contributed by atoms with van der Waals surface area (Å²) in [4.78, 5) is 17.3. The molecular weight excluding hydrogens is 316 g/mol. The van der Waals surface area contributed by atoms with Crippen molar-refractivity contribution in [3.8, 4) is 5.75 Å². The third kappa shape index (κ3) is 3.67. The smallest absolute Gasteiger partial charge is 0.253 e. The second-order valence-corrected chi connectivity index (χ2v) is 7.24. The summed E-state index contributed by atoms with van der Waals surface area (Å²) < 4.78 is 10.9. The van der Waals surface area contributed by atoms with Crippen molar-refractivity contribution in [1.82, 2.24) is 9.80 Å². The zero-order valence-corrected chi connectivity index (χ0v) is 15.7. The molecule has 2 saturated heterocycles. The SMILES string of the molecule is CCOc1cccc(C(=O)N2CCC3(CC[C@@H](COC)N3C)CC2)c1. The summed E-state index contributed by atoms with van der Waals surface area (Å²) in [7, 11) is 4.00. The van der Waals surface area contributed by atoms with Gasteiger partial charge in [0.25, 0.3) is 5.91 Å². The van der Waals surface area contributed by atoms with E-state index in [9.17, 15) is 4.79 Å². The zero-order valence-electron chi connectivity index (χ0n) is 15.7. The predicted molar refractivity (Wildman–Crippen MR) is 98.1 cm³/mol. The van der Waals surface area contributed by atoms with Gasteiger partial charge in [-0.1, -0.05) is 6.07 Å². The third-order valence-corrected chi connectivity index (χ3v) is 5.97. The Bertz CT molecular complexity index is 596. The van der Waals surface area contributed by atoms with Gasteiger partial charge in [0.2, 0.25) is 0 Å². The van der Waals surface area contributed by atoms with E-state index in [1.54, 1.807) is 7.11 Å². The maximum Gasteiger partial charge on any atom is 0.253 e. The van der Waals surface area contributed by atoms with Crippen LogP contribution in [0.15, 0.2) is 24.3 Å². The van der Waals surface area contributed by atoms with E-state index < -0.39 is 0 Å². The first-order valence-electron chi connectivity index (χ1n) is 9.33. The number of likely N-dealkylation sites (N-methyl/N-ethyl adjacent to an activating group) is 1. The molecule has 2 aliphatic rings. The highest BCUT2D eigenvalue weighted by atomic mass is 16.5. The fourth-order valence-electron chi connectivity index (χ4n) is 4.38. The third-order valence-electron chi connectivity index (χ3n) is 5.97. The highest BCUT2D eigenvalue weighted by Crippen LogP contribution is 2.40. The number of nitrogens with zero attached hydrogens (tertiary/aromatic N) is 2. The summed E-state index contributed by atoms with van der Waals surface area (Å²) in [6.07, 6.45) is 4.48. The van der Waals surface area contributed by atoms with Crippen LogP contribution in [0.5, 0.6) is 5.75 Å². The van der Waals surface area contributed by atoms with E-state index in [2.05, 4.69) is 11.9 Å². The Kier molecular flexibility index (Phi) is 5.64. The number of carbonyl (C=O) groups excluding carboxylic acids is 1. The fourth-order valence-corrected chi connectivity index (χ4v) is 4.38. The van der Waals surface area contributed by atoms with E-state index in [0.717, 1.165) is 43.9 Å². The van der Waals surface area contributed by atoms with Crippen molar-refractivity contribution in [2.45, 2.75) is 44.2 Å². The Morgan fingerprint density at radius 3 is 2.72 bits per heavy atom. The number of piperidine rings is 1. The molecule has 5 heteroatoms. The van der Waals surface area contributed by atoms with Gasteiger partial charge in [-0.3, -0.25) is 9.69 Å². The van der Waals surface area contributed by atoms with Gasteiger partial charge in [-0.25, -0.2) is 0 Å². The number of benzene rings is 1. The maximum atomic E-state index is 12.8. The normalized spacial score (nSPS) is 23.2. The molecule has 0 radical (unpaired) electrons. The van der Waals surface area contributed by atoms with Gasteiger partial charge in [-0.15, -0.1) is 0 Å². The van der Waals surface area contributed by atoms with E-state index in [4.69, 9.17) is 9.47 Å². The molecule has 5 nitrogen and oxygen atoms in total. The zero-order chi connectivity index (χ0) is 17.9. The highest BCUT2D eigenvalue weighted by molar-refractivity contribution is 5.94. The van der Waals surface area contributed by atoms with Crippen LogP contribution in [-0.4, -0.2) is 67.7 Å². The minimum Gasteiger partial charge on any atom is -0.494 e. The van der Waals surface area contributed by atoms with Gasteiger partial charge in [0.15, 0.2) is 0 Å². The molecule has 0 N–H and O–H groups in total. The molecule has 1 spiro atoms. The van der Waals surface area contributed by atoms with E-state index in [1.165, 1.54) is 12.8 Å². The quantitative estimate of drug-likeness (QED) is 0.822. The second-order valence-electron chi connectivity index (χ2n) is 7.24. The summed E-state index contributed by atoms with van der Waals surface area (Å²) >= 11 is 0. The van der Waals surface area contributed by atoms with Crippen LogP contribution >= 0.6 is 0 Å². The molecule has 0 unspecified atom stereocenters. The molecule has 0 bridgehead atoms. The van der Waals surface area contributed by atoms with Gasteiger partial charge < -0.3 is 14.4 Å². The van der Waals surface area contributed by atoms with Crippen LogP contribution < -0.4 is 4.74 Å². The van der Waals surface area contributed by atoms with Crippen LogP contribution in [0.3, 0.4) is 0 Å². The number of likely N-dealkylation sites (tertiary alicyclic amines) is 2. The van der Waals surface area contributed by atoms with Crippen LogP contribution in [0.1, 0.15) is 43.0 Å². The molecule has 1 aromatic rings. The van der Waals surface area contributed by atoms with E-state index >= 15 is 0 Å². The van der Waals surface area contributed by atoms with Crippen molar-refractivity contribution in [2.75, 3.05) is 40.5 Å². The standard InChI is InChI=1S/C20H30N2O3/c1-4-25-18-7-5-6-16(14-18)19(23)22-12-10-20(11-13-22)9-8-17(15-24-3)21(20)2/h5-7,14,17H,4,8-13,15H2,1-3H3/t17-/m0/s1. The van der Waals surface area contributed by atoms with E-state index in [-0.39, 0.29) is 11.4 Å². The van der Waals surface area contributed by atoms with Crippen LogP contribution in [0.4, 0.5) is 0 Å². The van der Waals surface area contributed by atoms with Crippen LogP contribution in [0.2, 0.25) is 0 Å². The summed E-state index contributed by atoms with van der Waals surface area (Å²) in [5.41, 5.74) is 0.964. The largest absolute Gasteiger partial charge is 0.494 e. The average Bonchev–Trinajstić information content (AvgIpc) is 2.92. The number of ether oxygens (including phenoxy) is 2. The molecule has 138 valence electrons. The Hall–Kier alpha value is -1.59. The average molecular weight is 346 g/mol. The Labute approximate surface area is 150 Å². The monoisotopic (exact) mass is 346 g/mol. The number of methoxy groups -OCH3 is 1. The summed E-state index contributed by atoms with van der Waals surface area (Å²) in [5.74, 6) is 0.880. The molecule has 0 aliphatic carbocycles. The maximum absolute atomic E-state index is 12.8. The molecule has 2 fully saturated rings. The first kappa shape index (κ1) is 18.2. The lowest BCUT2D eigenvalue weighted by atomic mass is 9.85. The number of rotatable bonds is 5. The molecule has 1 amide bonds. The topological polar surface area (TPSA) is 42.0 Å². The molecule has 0 aromatic heterocycles. The van der Waals surface area contributed by atoms with Crippen molar-refractivity contribution in [3.05, 3.63) is 29.8 Å². The Balaban J connectivity index is 1.62. The Morgan fingerprint density at radius 1 is 1.28 bits per heavy atom. The van der Waals surface area contributed by atoms with Gasteiger partial charge in [0.05, 0.1) is 13.2 Å². The predicted octanol–water partition coefficient (Wildman–Crippen LogP) is 2.80. The molecular formula is C20H30N2O3. The molecule has 3 rings (SSSR count). The van der Waals surface area contributed by atoms with Crippen molar-refractivity contribution < 1.29 is 14.3 Å². The lowest BCUT2D eigenvalue weighted by Crippen LogP contribution is -2.54. The second kappa shape index (κ2) is 7.75. The highest BCUT2D eigenvalue weighted by Gasteiger charge is 2.46. The minimum atomic E-state index is 0.116. The number of hydrogen-bond donors (Lipinski definition) is 0. The first-order valence-corrected chi connectivity index (χ1v) is 9.33. The van der Waals surface area contributed by atoms with Gasteiger partial charge in [0.1, 0.15) is 5.75 Å². The van der Waals surface area contributed by atoms with Crippen LogP contribution in [0, 0.1) is 0 Å². The summed E-state index contributed by atoms with van der Waals surface area (Å²) in [6, 6.07) is 8.03. The van der Waals surface area contributed by atoms with Crippen molar-refractivity contribution in [3.63, 3.8) is 0 Å². The van der Waals surface area contributed by atoms with E-state index in [1.807, 2.05) is 36.1 Å². The number of amides is 1. The first-order chi connectivity index (χ1) is 12.1. The van der Waals surface area contributed by atoms with Crippen molar-refractivity contribution >= 4 is 5.91 Å². The number of carbonyl (C=O) groups is 1. The van der Waals surface area contributed by atoms with Gasteiger partial charge in [0, 0.05) is 37.3 Å².